The first kappa shape index (κ1) is 19.3. The van der Waals surface area contributed by atoms with Crippen molar-refractivity contribution in [3.05, 3.63) is 52.3 Å². The van der Waals surface area contributed by atoms with Crippen molar-refractivity contribution in [2.24, 2.45) is 5.10 Å². The van der Waals surface area contributed by atoms with Crippen molar-refractivity contribution in [1.29, 1.82) is 0 Å². The summed E-state index contributed by atoms with van der Waals surface area (Å²) < 4.78 is 7.52. The van der Waals surface area contributed by atoms with Crippen molar-refractivity contribution in [3.8, 4) is 5.69 Å². The van der Waals surface area contributed by atoms with E-state index < -0.39 is 0 Å². The van der Waals surface area contributed by atoms with Gasteiger partial charge in [0.25, 0.3) is 5.91 Å². The second-order valence-corrected chi connectivity index (χ2v) is 7.13. The van der Waals surface area contributed by atoms with E-state index in [9.17, 15) is 4.79 Å². The fourth-order valence-corrected chi connectivity index (χ4v) is 3.52. The van der Waals surface area contributed by atoms with Gasteiger partial charge in [0.1, 0.15) is 0 Å². The van der Waals surface area contributed by atoms with Crippen molar-refractivity contribution in [2.45, 2.75) is 27.7 Å². The van der Waals surface area contributed by atoms with Gasteiger partial charge in [-0.1, -0.05) is 17.7 Å². The molecule has 2 aromatic rings. The molecule has 6 heteroatoms. The molecule has 0 atom stereocenters. The molecule has 1 amide bonds. The van der Waals surface area contributed by atoms with Gasteiger partial charge in [-0.15, -0.1) is 0 Å². The summed E-state index contributed by atoms with van der Waals surface area (Å²) in [5, 5.41) is 4.16. The summed E-state index contributed by atoms with van der Waals surface area (Å²) in [7, 11) is 0. The summed E-state index contributed by atoms with van der Waals surface area (Å²) in [5.41, 5.74) is 9.53. The summed E-state index contributed by atoms with van der Waals surface area (Å²) in [6, 6.07) is 8.55. The lowest BCUT2D eigenvalue weighted by Gasteiger charge is -2.25. The Bertz CT molecular complexity index is 848. The summed E-state index contributed by atoms with van der Waals surface area (Å²) in [5.74, 6) is -0.101. The molecule has 0 bridgehead atoms. The topological polar surface area (TPSA) is 58.9 Å². The highest BCUT2D eigenvalue weighted by molar-refractivity contribution is 5.84. The second-order valence-electron chi connectivity index (χ2n) is 7.13. The lowest BCUT2D eigenvalue weighted by Crippen LogP contribution is -2.42. The van der Waals surface area contributed by atoms with E-state index in [1.54, 1.807) is 6.21 Å². The molecule has 6 nitrogen and oxygen atoms in total. The minimum Gasteiger partial charge on any atom is -0.379 e. The van der Waals surface area contributed by atoms with Crippen LogP contribution in [0.25, 0.3) is 5.69 Å². The maximum atomic E-state index is 12.0. The van der Waals surface area contributed by atoms with Gasteiger partial charge in [0, 0.05) is 35.7 Å². The van der Waals surface area contributed by atoms with Crippen LogP contribution in [0, 0.1) is 27.7 Å². The maximum absolute atomic E-state index is 12.0. The molecular formula is C21H28N4O2. The number of carbonyl (C=O) groups is 1. The Kier molecular flexibility index (Phi) is 6.08. The first-order valence-electron chi connectivity index (χ1n) is 9.34. The zero-order valence-corrected chi connectivity index (χ0v) is 16.6. The van der Waals surface area contributed by atoms with Crippen LogP contribution in [-0.2, 0) is 9.53 Å². The molecule has 2 heterocycles. The number of nitrogens with zero attached hydrogens (tertiary/aromatic N) is 3. The highest BCUT2D eigenvalue weighted by Crippen LogP contribution is 2.23. The Morgan fingerprint density at radius 1 is 1.19 bits per heavy atom. The van der Waals surface area contributed by atoms with E-state index in [0.717, 1.165) is 30.0 Å². The molecule has 1 aliphatic heterocycles. The van der Waals surface area contributed by atoms with Crippen LogP contribution in [0.2, 0.25) is 0 Å². The molecule has 0 aliphatic carbocycles. The van der Waals surface area contributed by atoms with E-state index in [2.05, 4.69) is 72.0 Å². The van der Waals surface area contributed by atoms with Gasteiger partial charge in [-0.05, 0) is 45.4 Å². The molecule has 1 fully saturated rings. The molecule has 0 radical (unpaired) electrons. The van der Waals surface area contributed by atoms with Crippen molar-refractivity contribution in [3.63, 3.8) is 0 Å². The largest absolute Gasteiger partial charge is 0.379 e. The number of benzene rings is 1. The number of morpholine rings is 1. The Hall–Kier alpha value is -2.44. The highest BCUT2D eigenvalue weighted by atomic mass is 16.5. The third-order valence-electron chi connectivity index (χ3n) is 4.93. The summed E-state index contributed by atoms with van der Waals surface area (Å²) in [6.45, 7) is 11.7. The Morgan fingerprint density at radius 2 is 1.93 bits per heavy atom. The van der Waals surface area contributed by atoms with E-state index in [4.69, 9.17) is 4.74 Å². The van der Waals surface area contributed by atoms with E-state index in [1.807, 2.05) is 0 Å². The Balaban J connectivity index is 1.69. The molecule has 1 aromatic carbocycles. The number of amides is 1. The molecule has 1 aliphatic rings. The quantitative estimate of drug-likeness (QED) is 0.652. The van der Waals surface area contributed by atoms with Crippen LogP contribution in [0.5, 0.6) is 0 Å². The average Bonchev–Trinajstić information content (AvgIpc) is 2.90. The van der Waals surface area contributed by atoms with Gasteiger partial charge < -0.3 is 9.30 Å². The lowest BCUT2D eigenvalue weighted by molar-refractivity contribution is -0.123. The number of rotatable bonds is 5. The van der Waals surface area contributed by atoms with Gasteiger partial charge >= 0.3 is 0 Å². The molecule has 1 N–H and O–H groups in total. The predicted octanol–water partition coefficient (Wildman–Crippen LogP) is 2.49. The second kappa shape index (κ2) is 8.50. The smallest absolute Gasteiger partial charge is 0.254 e. The van der Waals surface area contributed by atoms with E-state index >= 15 is 0 Å². The molecule has 3 rings (SSSR count). The number of hydrogen-bond acceptors (Lipinski definition) is 4. The molecule has 0 unspecified atom stereocenters. The fourth-order valence-electron chi connectivity index (χ4n) is 3.52. The first-order chi connectivity index (χ1) is 13.0. The summed E-state index contributed by atoms with van der Waals surface area (Å²) >= 11 is 0. The van der Waals surface area contributed by atoms with Crippen LogP contribution >= 0.6 is 0 Å². The monoisotopic (exact) mass is 368 g/mol. The molecule has 1 aromatic heterocycles. The van der Waals surface area contributed by atoms with Crippen molar-refractivity contribution in [2.75, 3.05) is 32.8 Å². The SMILES string of the molecule is Cc1ccc(-n2c(C)cc(/C=N/NC(=O)CN3CCOCC3)c2C)c(C)c1. The maximum Gasteiger partial charge on any atom is 0.254 e. The molecule has 1 saturated heterocycles. The standard InChI is InChI=1S/C21H28N4O2/c1-15-5-6-20(16(2)11-15)25-17(3)12-19(18(25)4)13-22-23-21(26)14-24-7-9-27-10-8-24/h5-6,11-13H,7-10,14H2,1-4H3,(H,23,26)/b22-13+. The van der Waals surface area contributed by atoms with Crippen LogP contribution in [0.4, 0.5) is 0 Å². The van der Waals surface area contributed by atoms with Gasteiger partial charge in [-0.2, -0.15) is 5.10 Å². The zero-order chi connectivity index (χ0) is 19.4. The summed E-state index contributed by atoms with van der Waals surface area (Å²) in [4.78, 5) is 14.1. The summed E-state index contributed by atoms with van der Waals surface area (Å²) in [6.07, 6.45) is 1.72. The van der Waals surface area contributed by atoms with Gasteiger partial charge in [0.05, 0.1) is 26.0 Å². The number of hydrogen-bond donors (Lipinski definition) is 1. The average molecular weight is 368 g/mol. The van der Waals surface area contributed by atoms with Gasteiger partial charge in [-0.25, -0.2) is 5.43 Å². The minimum absolute atomic E-state index is 0.101. The van der Waals surface area contributed by atoms with Crippen molar-refractivity contribution in [1.82, 2.24) is 14.9 Å². The molecular weight excluding hydrogens is 340 g/mol. The first-order valence-corrected chi connectivity index (χ1v) is 9.34. The zero-order valence-electron chi connectivity index (χ0n) is 16.6. The van der Waals surface area contributed by atoms with E-state index in [1.165, 1.54) is 16.8 Å². The van der Waals surface area contributed by atoms with Gasteiger partial charge in [0.15, 0.2) is 0 Å². The van der Waals surface area contributed by atoms with Gasteiger partial charge in [-0.3, -0.25) is 9.69 Å². The van der Waals surface area contributed by atoms with Crippen molar-refractivity contribution < 1.29 is 9.53 Å². The molecule has 0 saturated carbocycles. The number of carbonyl (C=O) groups excluding carboxylic acids is 1. The van der Waals surface area contributed by atoms with E-state index in [-0.39, 0.29) is 5.91 Å². The van der Waals surface area contributed by atoms with Crippen LogP contribution in [0.1, 0.15) is 28.1 Å². The minimum atomic E-state index is -0.101. The highest BCUT2D eigenvalue weighted by Gasteiger charge is 2.14. The third kappa shape index (κ3) is 4.64. The Labute approximate surface area is 160 Å². The fraction of sp³-hybridized carbons (Fsp3) is 0.429. The van der Waals surface area contributed by atoms with E-state index in [0.29, 0.717) is 19.8 Å². The number of hydrazone groups is 1. The van der Waals surface area contributed by atoms with Crippen molar-refractivity contribution >= 4 is 12.1 Å². The Morgan fingerprint density at radius 3 is 2.63 bits per heavy atom. The predicted molar refractivity (Wildman–Crippen MR) is 108 cm³/mol. The van der Waals surface area contributed by atoms with Gasteiger partial charge in [0.2, 0.25) is 0 Å². The molecule has 27 heavy (non-hydrogen) atoms. The van der Waals surface area contributed by atoms with Crippen LogP contribution in [0.15, 0.2) is 29.4 Å². The number of aromatic nitrogens is 1. The normalized spacial score (nSPS) is 15.4. The van der Waals surface area contributed by atoms with Crippen LogP contribution in [-0.4, -0.2) is 54.4 Å². The lowest BCUT2D eigenvalue weighted by atomic mass is 10.1. The molecule has 0 spiro atoms. The third-order valence-corrected chi connectivity index (χ3v) is 4.93. The number of aryl methyl sites for hydroxylation is 3. The number of ether oxygens (including phenoxy) is 1. The molecule has 144 valence electrons. The van der Waals surface area contributed by atoms with Crippen LogP contribution < -0.4 is 5.43 Å². The van der Waals surface area contributed by atoms with Crippen LogP contribution in [0.3, 0.4) is 0 Å². The number of nitrogens with one attached hydrogen (secondary N) is 1.